The maximum absolute atomic E-state index is 11.9. The van der Waals surface area contributed by atoms with Gasteiger partial charge in [-0.1, -0.05) is 0 Å². The van der Waals surface area contributed by atoms with Crippen molar-refractivity contribution in [2.24, 2.45) is 5.73 Å². The third kappa shape index (κ3) is 2.97. The van der Waals surface area contributed by atoms with Gasteiger partial charge in [0, 0.05) is 44.9 Å². The van der Waals surface area contributed by atoms with Crippen LogP contribution in [-0.4, -0.2) is 49.0 Å². The Hall–Kier alpha value is -2.15. The smallest absolute Gasteiger partial charge is 0.293 e. The predicted octanol–water partition coefficient (Wildman–Crippen LogP) is 1.22. The minimum atomic E-state index is -0.437. The second-order valence-electron chi connectivity index (χ2n) is 5.39. The Morgan fingerprint density at radius 3 is 2.81 bits per heavy atom. The molecule has 1 aromatic carbocycles. The highest BCUT2D eigenvalue weighted by Gasteiger charge is 2.29. The molecule has 1 aliphatic heterocycles. The van der Waals surface area contributed by atoms with Crippen molar-refractivity contribution in [3.8, 4) is 0 Å². The molecule has 0 aliphatic carbocycles. The van der Waals surface area contributed by atoms with Crippen molar-refractivity contribution in [2.75, 3.05) is 32.1 Å². The number of nitrogens with two attached hydrogens (primary N) is 1. The van der Waals surface area contributed by atoms with Gasteiger partial charge in [0.2, 0.25) is 0 Å². The molecule has 1 saturated heterocycles. The van der Waals surface area contributed by atoms with Crippen LogP contribution in [0.1, 0.15) is 23.2 Å². The summed E-state index contributed by atoms with van der Waals surface area (Å²) in [6, 6.07) is 4.77. The normalized spacial score (nSPS) is 17.9. The van der Waals surface area contributed by atoms with Gasteiger partial charge >= 0.3 is 0 Å². The number of amides is 1. The van der Waals surface area contributed by atoms with E-state index in [0.717, 1.165) is 19.4 Å². The Labute approximate surface area is 123 Å². The zero-order chi connectivity index (χ0) is 15.6. The van der Waals surface area contributed by atoms with Gasteiger partial charge in [-0.3, -0.25) is 14.9 Å². The number of rotatable bonds is 4. The van der Waals surface area contributed by atoms with Gasteiger partial charge in [-0.05, 0) is 25.0 Å². The summed E-state index contributed by atoms with van der Waals surface area (Å²) in [6.07, 6.45) is 1.91. The van der Waals surface area contributed by atoms with E-state index in [1.807, 2.05) is 4.90 Å². The van der Waals surface area contributed by atoms with Crippen LogP contribution in [0.25, 0.3) is 0 Å². The van der Waals surface area contributed by atoms with E-state index < -0.39 is 4.92 Å². The topological polar surface area (TPSA) is 92.7 Å². The van der Waals surface area contributed by atoms with Crippen LogP contribution >= 0.6 is 0 Å². The summed E-state index contributed by atoms with van der Waals surface area (Å²) >= 11 is 0. The highest BCUT2D eigenvalue weighted by Crippen LogP contribution is 2.34. The molecule has 7 heteroatoms. The first kappa shape index (κ1) is 15.2. The molecule has 0 aromatic heterocycles. The first-order chi connectivity index (χ1) is 9.95. The summed E-state index contributed by atoms with van der Waals surface area (Å²) in [4.78, 5) is 26.2. The molecular formula is C14H20N4O3. The van der Waals surface area contributed by atoms with E-state index in [4.69, 9.17) is 5.73 Å². The lowest BCUT2D eigenvalue weighted by Crippen LogP contribution is -2.35. The van der Waals surface area contributed by atoms with Gasteiger partial charge in [-0.15, -0.1) is 0 Å². The molecule has 0 saturated carbocycles. The van der Waals surface area contributed by atoms with Crippen molar-refractivity contribution in [3.05, 3.63) is 33.9 Å². The van der Waals surface area contributed by atoms with E-state index in [0.29, 0.717) is 17.8 Å². The number of nitro groups is 1. The molecule has 1 heterocycles. The van der Waals surface area contributed by atoms with Crippen molar-refractivity contribution in [2.45, 2.75) is 18.9 Å². The number of nitro benzene ring substituents is 1. The molecule has 1 fully saturated rings. The Bertz CT molecular complexity index is 559. The molecule has 0 radical (unpaired) electrons. The van der Waals surface area contributed by atoms with E-state index in [2.05, 4.69) is 0 Å². The van der Waals surface area contributed by atoms with Crippen molar-refractivity contribution in [1.29, 1.82) is 0 Å². The summed E-state index contributed by atoms with van der Waals surface area (Å²) < 4.78 is 0. The minimum Gasteiger partial charge on any atom is -0.362 e. The molecule has 1 aliphatic rings. The number of carbonyl (C=O) groups excluding carboxylic acids is 1. The average Bonchev–Trinajstić information content (AvgIpc) is 2.93. The van der Waals surface area contributed by atoms with E-state index in [9.17, 15) is 14.9 Å². The monoisotopic (exact) mass is 292 g/mol. The van der Waals surface area contributed by atoms with Crippen LogP contribution in [-0.2, 0) is 0 Å². The van der Waals surface area contributed by atoms with Crippen molar-refractivity contribution < 1.29 is 9.72 Å². The van der Waals surface area contributed by atoms with Crippen LogP contribution in [0.5, 0.6) is 0 Å². The predicted molar refractivity (Wildman–Crippen MR) is 80.5 cm³/mol. The van der Waals surface area contributed by atoms with Gasteiger partial charge in [0.05, 0.1) is 4.92 Å². The zero-order valence-electron chi connectivity index (χ0n) is 12.3. The second kappa shape index (κ2) is 6.09. The summed E-state index contributed by atoms with van der Waals surface area (Å²) in [6.45, 7) is 1.22. The van der Waals surface area contributed by atoms with E-state index in [1.165, 1.54) is 11.0 Å². The number of hydrogen-bond donors (Lipinski definition) is 1. The van der Waals surface area contributed by atoms with Crippen molar-refractivity contribution >= 4 is 17.3 Å². The van der Waals surface area contributed by atoms with Gasteiger partial charge < -0.3 is 15.5 Å². The lowest BCUT2D eigenvalue weighted by molar-refractivity contribution is -0.384. The molecule has 1 amide bonds. The molecule has 7 nitrogen and oxygen atoms in total. The summed E-state index contributed by atoms with van der Waals surface area (Å²) in [5.74, 6) is -0.249. The molecule has 2 rings (SSSR count). The van der Waals surface area contributed by atoms with Gasteiger partial charge in [0.25, 0.3) is 11.6 Å². The first-order valence-electron chi connectivity index (χ1n) is 6.92. The van der Waals surface area contributed by atoms with Crippen LogP contribution in [0, 0.1) is 10.1 Å². The zero-order valence-corrected chi connectivity index (χ0v) is 12.3. The summed E-state index contributed by atoms with van der Waals surface area (Å²) in [5.41, 5.74) is 6.56. The Morgan fingerprint density at radius 2 is 2.24 bits per heavy atom. The highest BCUT2D eigenvalue weighted by molar-refractivity contribution is 5.95. The number of nitrogens with zero attached hydrogens (tertiary/aromatic N) is 3. The fraction of sp³-hybridized carbons (Fsp3) is 0.500. The van der Waals surface area contributed by atoms with Gasteiger partial charge in [-0.25, -0.2) is 0 Å². The molecule has 1 unspecified atom stereocenters. The lowest BCUT2D eigenvalue weighted by Gasteiger charge is -2.25. The van der Waals surface area contributed by atoms with E-state index >= 15 is 0 Å². The third-order valence-electron chi connectivity index (χ3n) is 3.78. The maximum atomic E-state index is 11.9. The van der Waals surface area contributed by atoms with Gasteiger partial charge in [-0.2, -0.15) is 0 Å². The number of benzene rings is 1. The fourth-order valence-corrected chi connectivity index (χ4v) is 2.70. The molecule has 0 spiro atoms. The maximum Gasteiger partial charge on any atom is 0.293 e. The third-order valence-corrected chi connectivity index (χ3v) is 3.78. The minimum absolute atomic E-state index is 0.0388. The number of anilines is 1. The van der Waals surface area contributed by atoms with Crippen LogP contribution in [0.15, 0.2) is 18.2 Å². The molecule has 1 aromatic rings. The largest absolute Gasteiger partial charge is 0.362 e. The number of hydrogen-bond acceptors (Lipinski definition) is 5. The quantitative estimate of drug-likeness (QED) is 0.665. The van der Waals surface area contributed by atoms with Crippen LogP contribution < -0.4 is 10.6 Å². The van der Waals surface area contributed by atoms with Gasteiger partial charge in [0.15, 0.2) is 0 Å². The SMILES string of the molecule is CN(C)C(=O)c1ccc(N2CCCC2CN)c([N+](=O)[O-])c1. The fourth-order valence-electron chi connectivity index (χ4n) is 2.70. The summed E-state index contributed by atoms with van der Waals surface area (Å²) in [5, 5.41) is 11.3. The molecule has 1 atom stereocenters. The molecule has 0 bridgehead atoms. The lowest BCUT2D eigenvalue weighted by atomic mass is 10.1. The first-order valence-corrected chi connectivity index (χ1v) is 6.92. The molecule has 21 heavy (non-hydrogen) atoms. The van der Waals surface area contributed by atoms with E-state index in [-0.39, 0.29) is 17.6 Å². The molecule has 2 N–H and O–H groups in total. The average molecular weight is 292 g/mol. The van der Waals surface area contributed by atoms with Crippen molar-refractivity contribution in [1.82, 2.24) is 4.90 Å². The van der Waals surface area contributed by atoms with Crippen LogP contribution in [0.4, 0.5) is 11.4 Å². The number of carbonyl (C=O) groups is 1. The van der Waals surface area contributed by atoms with E-state index in [1.54, 1.807) is 26.2 Å². The molecule has 114 valence electrons. The van der Waals surface area contributed by atoms with Crippen LogP contribution in [0.3, 0.4) is 0 Å². The van der Waals surface area contributed by atoms with Crippen molar-refractivity contribution in [3.63, 3.8) is 0 Å². The summed E-state index contributed by atoms with van der Waals surface area (Å²) in [7, 11) is 3.24. The highest BCUT2D eigenvalue weighted by atomic mass is 16.6. The Kier molecular flexibility index (Phi) is 4.42. The Balaban J connectivity index is 2.43. The Morgan fingerprint density at radius 1 is 1.52 bits per heavy atom. The molecular weight excluding hydrogens is 272 g/mol. The standard InChI is InChI=1S/C14H20N4O3/c1-16(2)14(19)10-5-6-12(13(8-10)18(20)21)17-7-3-4-11(17)9-15/h5-6,8,11H,3-4,7,9,15H2,1-2H3. The second-order valence-corrected chi connectivity index (χ2v) is 5.39. The van der Waals surface area contributed by atoms with Gasteiger partial charge in [0.1, 0.15) is 5.69 Å². The van der Waals surface area contributed by atoms with Crippen LogP contribution in [0.2, 0.25) is 0 Å².